The molecule has 8 nitrogen and oxygen atoms in total. The van der Waals surface area contributed by atoms with Gasteiger partial charge in [0.05, 0.1) is 5.92 Å². The van der Waals surface area contributed by atoms with Crippen molar-refractivity contribution >= 4 is 0 Å². The molecule has 0 aromatic rings. The monoisotopic (exact) mass is 477 g/mol. The van der Waals surface area contributed by atoms with Gasteiger partial charge in [-0.2, -0.15) is 13.2 Å². The van der Waals surface area contributed by atoms with Crippen molar-refractivity contribution in [1.82, 2.24) is 36.4 Å². The van der Waals surface area contributed by atoms with Crippen LogP contribution in [-0.2, 0) is 4.74 Å². The zero-order valence-electron chi connectivity index (χ0n) is 19.8. The van der Waals surface area contributed by atoms with E-state index in [1.54, 1.807) is 0 Å². The van der Waals surface area contributed by atoms with Crippen LogP contribution in [0.4, 0.5) is 13.2 Å². The number of piperidine rings is 1. The minimum atomic E-state index is -4.11. The summed E-state index contributed by atoms with van der Waals surface area (Å²) < 4.78 is 45.5. The van der Waals surface area contributed by atoms with Gasteiger partial charge in [-0.1, -0.05) is 6.42 Å². The van der Waals surface area contributed by atoms with Crippen LogP contribution < -0.4 is 26.6 Å². The van der Waals surface area contributed by atoms with Crippen LogP contribution in [-0.4, -0.2) is 93.4 Å². The number of nitrogens with zero attached hydrogens (tertiary/aromatic N) is 2. The van der Waals surface area contributed by atoms with Gasteiger partial charge in [0.1, 0.15) is 12.6 Å². The van der Waals surface area contributed by atoms with E-state index in [9.17, 15) is 13.2 Å². The molecule has 1 saturated carbocycles. The van der Waals surface area contributed by atoms with Crippen molar-refractivity contribution in [1.29, 1.82) is 0 Å². The highest BCUT2D eigenvalue weighted by Crippen LogP contribution is 2.37. The summed E-state index contributed by atoms with van der Waals surface area (Å²) in [5, 5.41) is 17.2. The molecule has 0 amide bonds. The highest BCUT2D eigenvalue weighted by molar-refractivity contribution is 4.87. The van der Waals surface area contributed by atoms with Gasteiger partial charge < -0.3 is 15.0 Å². The molecule has 4 aliphatic rings. The molecule has 3 aliphatic heterocycles. The van der Waals surface area contributed by atoms with Crippen molar-refractivity contribution in [2.45, 2.75) is 76.6 Å². The molecule has 6 unspecified atom stereocenters. The number of alkyl halides is 3. The molecule has 6 atom stereocenters. The average Bonchev–Trinajstić information content (AvgIpc) is 2.80. The number of ether oxygens (including phenoxy) is 1. The molecule has 0 spiro atoms. The maximum atomic E-state index is 13.2. The predicted octanol–water partition coefficient (Wildman–Crippen LogP) is 0.984. The molecule has 5 N–H and O–H groups in total. The summed E-state index contributed by atoms with van der Waals surface area (Å²) in [6, 6.07) is -0.169. The standard InChI is InChI=1S/C22H42F3N7O/c1-2-33-21-29-19(27-18-7-3-6-17(13-18)22(23,24)25)28-20(30-21)32-11-9-31(10-12-32)15-16-5-4-8-26-14-16/h16-21,26-30H,2-15H2,1H3. The van der Waals surface area contributed by atoms with Crippen molar-refractivity contribution < 1.29 is 17.9 Å². The van der Waals surface area contributed by atoms with Gasteiger partial charge in [0, 0.05) is 45.4 Å². The Morgan fingerprint density at radius 1 is 1.00 bits per heavy atom. The van der Waals surface area contributed by atoms with E-state index in [2.05, 4.69) is 36.4 Å². The van der Waals surface area contributed by atoms with Gasteiger partial charge in [0.2, 0.25) is 0 Å². The summed E-state index contributed by atoms with van der Waals surface area (Å²) >= 11 is 0. The van der Waals surface area contributed by atoms with Gasteiger partial charge >= 0.3 is 6.18 Å². The van der Waals surface area contributed by atoms with Crippen molar-refractivity contribution in [2.75, 3.05) is 52.4 Å². The van der Waals surface area contributed by atoms with E-state index in [0.29, 0.717) is 13.0 Å². The van der Waals surface area contributed by atoms with Crippen LogP contribution in [0.3, 0.4) is 0 Å². The molecule has 4 rings (SSSR count). The average molecular weight is 478 g/mol. The fraction of sp³-hybridized carbons (Fsp3) is 1.00. The largest absolute Gasteiger partial charge is 0.391 e. The van der Waals surface area contributed by atoms with Crippen LogP contribution in [0.2, 0.25) is 0 Å². The molecule has 0 aromatic carbocycles. The van der Waals surface area contributed by atoms with Gasteiger partial charge in [0.15, 0.2) is 6.35 Å². The summed E-state index contributed by atoms with van der Waals surface area (Å²) in [6.45, 7) is 9.84. The Kier molecular flexibility index (Phi) is 9.25. The fourth-order valence-corrected chi connectivity index (χ4v) is 5.69. The first kappa shape index (κ1) is 25.6. The summed E-state index contributed by atoms with van der Waals surface area (Å²) in [7, 11) is 0. The normalized spacial score (nSPS) is 37.8. The predicted molar refractivity (Wildman–Crippen MR) is 121 cm³/mol. The molecule has 11 heteroatoms. The van der Waals surface area contributed by atoms with Crippen molar-refractivity contribution in [3.63, 3.8) is 0 Å². The molecule has 3 heterocycles. The molecule has 1 aliphatic carbocycles. The topological polar surface area (TPSA) is 75.9 Å². The first-order valence-electron chi connectivity index (χ1n) is 12.8. The minimum Gasteiger partial charge on any atom is -0.350 e. The summed E-state index contributed by atoms with van der Waals surface area (Å²) in [5.41, 5.74) is 0. The Hall–Kier alpha value is -0.530. The lowest BCUT2D eigenvalue weighted by Crippen LogP contribution is -2.77. The van der Waals surface area contributed by atoms with E-state index in [-0.39, 0.29) is 37.8 Å². The minimum absolute atomic E-state index is 0.0965. The van der Waals surface area contributed by atoms with Crippen LogP contribution >= 0.6 is 0 Å². The summed E-state index contributed by atoms with van der Waals surface area (Å²) in [6.07, 6.45) is -0.559. The highest BCUT2D eigenvalue weighted by atomic mass is 19.4. The number of rotatable bonds is 7. The third-order valence-electron chi connectivity index (χ3n) is 7.51. The zero-order valence-corrected chi connectivity index (χ0v) is 19.8. The summed E-state index contributed by atoms with van der Waals surface area (Å²) in [5.74, 6) is -0.469. The number of piperazine rings is 1. The molecular weight excluding hydrogens is 435 g/mol. The quantitative estimate of drug-likeness (QED) is 0.372. The maximum absolute atomic E-state index is 13.2. The van der Waals surface area contributed by atoms with E-state index in [1.807, 2.05) is 6.92 Å². The second-order valence-corrected chi connectivity index (χ2v) is 9.99. The number of hydrogen-bond acceptors (Lipinski definition) is 8. The van der Waals surface area contributed by atoms with E-state index >= 15 is 0 Å². The highest BCUT2D eigenvalue weighted by Gasteiger charge is 2.43. The van der Waals surface area contributed by atoms with Gasteiger partial charge in [-0.15, -0.1) is 0 Å². The van der Waals surface area contributed by atoms with Gasteiger partial charge in [-0.05, 0) is 58.0 Å². The molecule has 4 fully saturated rings. The summed E-state index contributed by atoms with van der Waals surface area (Å²) in [4.78, 5) is 4.93. The Morgan fingerprint density at radius 3 is 2.52 bits per heavy atom. The Balaban J connectivity index is 1.28. The first-order valence-corrected chi connectivity index (χ1v) is 12.8. The Labute approximate surface area is 195 Å². The Morgan fingerprint density at radius 2 is 1.82 bits per heavy atom. The number of nitrogens with one attached hydrogen (secondary N) is 5. The SMILES string of the molecule is CCOC1NC(NC2CCCC(C(F)(F)F)C2)NC(N2CCN(CC3CCCNC3)CC2)N1. The lowest BCUT2D eigenvalue weighted by molar-refractivity contribution is -0.184. The van der Waals surface area contributed by atoms with E-state index in [4.69, 9.17) is 4.74 Å². The number of hydrogen-bond donors (Lipinski definition) is 5. The third-order valence-corrected chi connectivity index (χ3v) is 7.51. The smallest absolute Gasteiger partial charge is 0.350 e. The van der Waals surface area contributed by atoms with Gasteiger partial charge in [-0.3, -0.25) is 26.2 Å². The zero-order chi connectivity index (χ0) is 23.3. The van der Waals surface area contributed by atoms with Crippen molar-refractivity contribution in [2.24, 2.45) is 11.8 Å². The molecule has 0 bridgehead atoms. The van der Waals surface area contributed by atoms with Crippen LogP contribution in [0.25, 0.3) is 0 Å². The second-order valence-electron chi connectivity index (χ2n) is 9.99. The van der Waals surface area contributed by atoms with Gasteiger partial charge in [0.25, 0.3) is 0 Å². The van der Waals surface area contributed by atoms with Gasteiger partial charge in [-0.25, -0.2) is 0 Å². The van der Waals surface area contributed by atoms with Crippen LogP contribution in [0, 0.1) is 11.8 Å². The van der Waals surface area contributed by atoms with E-state index < -0.39 is 12.1 Å². The molecule has 192 valence electrons. The van der Waals surface area contributed by atoms with Crippen molar-refractivity contribution in [3.05, 3.63) is 0 Å². The maximum Gasteiger partial charge on any atom is 0.391 e. The number of halogens is 3. The van der Waals surface area contributed by atoms with Crippen LogP contribution in [0.1, 0.15) is 45.4 Å². The first-order chi connectivity index (χ1) is 15.9. The van der Waals surface area contributed by atoms with E-state index in [1.165, 1.54) is 12.8 Å². The second kappa shape index (κ2) is 11.9. The molecule has 0 radical (unpaired) electrons. The molecular formula is C22H42F3N7O. The fourth-order valence-electron chi connectivity index (χ4n) is 5.69. The third kappa shape index (κ3) is 7.47. The van der Waals surface area contributed by atoms with Crippen LogP contribution in [0.5, 0.6) is 0 Å². The van der Waals surface area contributed by atoms with E-state index in [0.717, 1.165) is 58.2 Å². The van der Waals surface area contributed by atoms with Crippen LogP contribution in [0.15, 0.2) is 0 Å². The molecule has 33 heavy (non-hydrogen) atoms. The molecule has 0 aromatic heterocycles. The van der Waals surface area contributed by atoms with Crippen molar-refractivity contribution in [3.8, 4) is 0 Å². The lowest BCUT2D eigenvalue weighted by atomic mass is 9.85. The molecule has 3 saturated heterocycles. The Bertz CT molecular complexity index is 585. The lowest BCUT2D eigenvalue weighted by Gasteiger charge is -2.47.